The van der Waals surface area contributed by atoms with Crippen LogP contribution in [0.5, 0.6) is 0 Å². The molecule has 1 unspecified atom stereocenters. The van der Waals surface area contributed by atoms with Crippen molar-refractivity contribution < 1.29 is 23.2 Å². The first-order chi connectivity index (χ1) is 12.2. The van der Waals surface area contributed by atoms with E-state index >= 15 is 0 Å². The topological polar surface area (TPSA) is 73.9 Å². The van der Waals surface area contributed by atoms with Crippen molar-refractivity contribution in [2.24, 2.45) is 0 Å². The van der Waals surface area contributed by atoms with E-state index < -0.39 is 22.9 Å². The predicted molar refractivity (Wildman–Crippen MR) is 96.8 cm³/mol. The van der Waals surface area contributed by atoms with E-state index in [1.165, 1.54) is 0 Å². The number of benzene rings is 1. The average Bonchev–Trinajstić information content (AvgIpc) is 2.66. The van der Waals surface area contributed by atoms with E-state index in [0.717, 1.165) is 24.8 Å². The highest BCUT2D eigenvalue weighted by Gasteiger charge is 2.20. The fourth-order valence-corrected chi connectivity index (χ4v) is 3.38. The average molecular weight is 390 g/mol. The van der Waals surface area contributed by atoms with Crippen molar-refractivity contribution >= 4 is 28.5 Å². The van der Waals surface area contributed by atoms with Gasteiger partial charge in [-0.2, -0.15) is 0 Å². The standard InChI is InChI=1S/C17H24ClNO5S/c18-13-25(21)12-15(11-23-16-8-4-5-9-22-16)19-17(20)24-10-14-6-2-1-3-7-14/h1-3,6-7,15-16H,4-5,8-13H2,(H,19,20)/t15-,16?,25-/m1/s1. The number of hydrogen-bond donors (Lipinski definition) is 1. The van der Waals surface area contributed by atoms with Crippen LogP contribution in [-0.4, -0.2) is 46.8 Å². The second-order valence-electron chi connectivity index (χ2n) is 5.75. The van der Waals surface area contributed by atoms with Crippen molar-refractivity contribution in [1.29, 1.82) is 0 Å². The molecule has 0 aromatic heterocycles. The van der Waals surface area contributed by atoms with Gasteiger partial charge in [0.15, 0.2) is 6.29 Å². The minimum absolute atomic E-state index is 0.0111. The number of ether oxygens (including phenoxy) is 3. The van der Waals surface area contributed by atoms with E-state index in [9.17, 15) is 9.00 Å². The highest BCUT2D eigenvalue weighted by molar-refractivity contribution is 7.86. The lowest BCUT2D eigenvalue weighted by atomic mass is 10.2. The molecule has 1 aliphatic rings. The molecule has 0 spiro atoms. The maximum atomic E-state index is 12.0. The Bertz CT molecular complexity index is 539. The molecule has 25 heavy (non-hydrogen) atoms. The zero-order valence-electron chi connectivity index (χ0n) is 14.0. The Morgan fingerprint density at radius 3 is 2.84 bits per heavy atom. The van der Waals surface area contributed by atoms with Gasteiger partial charge in [0.2, 0.25) is 0 Å². The summed E-state index contributed by atoms with van der Waals surface area (Å²) in [5.41, 5.74) is 0.894. The molecule has 1 heterocycles. The van der Waals surface area contributed by atoms with Gasteiger partial charge in [-0.05, 0) is 24.8 Å². The molecule has 8 heteroatoms. The van der Waals surface area contributed by atoms with E-state index in [4.69, 9.17) is 25.8 Å². The first kappa shape index (κ1) is 20.2. The van der Waals surface area contributed by atoms with Crippen LogP contribution in [0.15, 0.2) is 30.3 Å². The first-order valence-corrected chi connectivity index (χ1v) is 10.3. The van der Waals surface area contributed by atoms with Crippen molar-refractivity contribution in [3.63, 3.8) is 0 Å². The van der Waals surface area contributed by atoms with Gasteiger partial charge in [-0.15, -0.1) is 11.6 Å². The van der Waals surface area contributed by atoms with Crippen molar-refractivity contribution in [1.82, 2.24) is 5.32 Å². The monoisotopic (exact) mass is 389 g/mol. The fraction of sp³-hybridized carbons (Fsp3) is 0.588. The predicted octanol–water partition coefficient (Wildman–Crippen LogP) is 2.77. The molecular weight excluding hydrogens is 366 g/mol. The first-order valence-electron chi connectivity index (χ1n) is 8.28. The molecule has 1 aromatic carbocycles. The Labute approximate surface area is 155 Å². The second-order valence-corrected chi connectivity index (χ2v) is 7.83. The molecule has 3 atom stereocenters. The molecule has 1 N–H and O–H groups in total. The van der Waals surface area contributed by atoms with Gasteiger partial charge in [0.05, 0.1) is 17.9 Å². The summed E-state index contributed by atoms with van der Waals surface area (Å²) < 4.78 is 28.1. The molecule has 0 radical (unpaired) electrons. The molecule has 2 rings (SSSR count). The third-order valence-electron chi connectivity index (χ3n) is 3.66. The maximum Gasteiger partial charge on any atom is 0.407 e. The van der Waals surface area contributed by atoms with Crippen molar-refractivity contribution in [2.75, 3.05) is 24.2 Å². The Hall–Kier alpha value is -1.15. The zero-order valence-corrected chi connectivity index (χ0v) is 15.6. The van der Waals surface area contributed by atoms with Crippen molar-refractivity contribution in [2.45, 2.75) is 38.2 Å². The van der Waals surface area contributed by atoms with E-state index in [1.54, 1.807) is 0 Å². The molecule has 1 amide bonds. The molecule has 1 aliphatic heterocycles. The highest BCUT2D eigenvalue weighted by atomic mass is 35.5. The highest BCUT2D eigenvalue weighted by Crippen LogP contribution is 2.14. The third-order valence-corrected chi connectivity index (χ3v) is 5.41. The number of amides is 1. The minimum atomic E-state index is -1.25. The van der Waals surface area contributed by atoms with E-state index in [2.05, 4.69) is 5.32 Å². The van der Waals surface area contributed by atoms with Crippen LogP contribution in [-0.2, 0) is 31.6 Å². The lowest BCUT2D eigenvalue weighted by Gasteiger charge is -2.25. The summed E-state index contributed by atoms with van der Waals surface area (Å²) in [6, 6.07) is 8.94. The number of halogens is 1. The number of carbonyl (C=O) groups is 1. The summed E-state index contributed by atoms with van der Waals surface area (Å²) in [4.78, 5) is 12.0. The van der Waals surface area contributed by atoms with Crippen LogP contribution in [0.3, 0.4) is 0 Å². The normalized spacial score (nSPS) is 19.8. The smallest absolute Gasteiger partial charge is 0.407 e. The molecular formula is C17H24ClNO5S. The molecule has 140 valence electrons. The molecule has 6 nitrogen and oxygen atoms in total. The van der Waals surface area contributed by atoms with Crippen LogP contribution in [0.25, 0.3) is 0 Å². The van der Waals surface area contributed by atoms with Crippen LogP contribution in [0.2, 0.25) is 0 Å². The fourth-order valence-electron chi connectivity index (χ4n) is 2.40. The maximum absolute atomic E-state index is 12.0. The zero-order chi connectivity index (χ0) is 17.9. The summed E-state index contributed by atoms with van der Waals surface area (Å²) in [6.07, 6.45) is 2.06. The summed E-state index contributed by atoms with van der Waals surface area (Å²) in [5, 5.41) is 2.71. The third kappa shape index (κ3) is 8.18. The van der Waals surface area contributed by atoms with Crippen LogP contribution in [0.1, 0.15) is 24.8 Å². The molecule has 1 saturated heterocycles. The van der Waals surface area contributed by atoms with Gasteiger partial charge >= 0.3 is 6.09 Å². The summed E-state index contributed by atoms with van der Waals surface area (Å²) >= 11 is 5.61. The van der Waals surface area contributed by atoms with Gasteiger partial charge in [-0.1, -0.05) is 30.3 Å². The van der Waals surface area contributed by atoms with Gasteiger partial charge in [0.25, 0.3) is 0 Å². The molecule has 0 aliphatic carbocycles. The van der Waals surface area contributed by atoms with Gasteiger partial charge in [-0.3, -0.25) is 4.21 Å². The number of hydrogen-bond acceptors (Lipinski definition) is 5. The van der Waals surface area contributed by atoms with Crippen LogP contribution >= 0.6 is 11.6 Å². The summed E-state index contributed by atoms with van der Waals surface area (Å²) in [6.45, 7) is 1.05. The van der Waals surface area contributed by atoms with Crippen LogP contribution in [0, 0.1) is 0 Å². The lowest BCUT2D eigenvalue weighted by Crippen LogP contribution is -2.43. The summed E-state index contributed by atoms with van der Waals surface area (Å²) in [7, 11) is -1.25. The summed E-state index contributed by atoms with van der Waals surface area (Å²) in [5.74, 6) is 0.205. The van der Waals surface area contributed by atoms with Crippen LogP contribution < -0.4 is 5.32 Å². The molecule has 0 bridgehead atoms. The SMILES string of the molecule is O=C(N[C@H](COC1CCCCO1)C[S@@](=O)CCl)OCc1ccccc1. The number of rotatable bonds is 9. The van der Waals surface area contributed by atoms with Gasteiger partial charge in [0, 0.05) is 23.2 Å². The Balaban J connectivity index is 1.79. The Morgan fingerprint density at radius 2 is 2.16 bits per heavy atom. The Kier molecular flexibility index (Phi) is 9.25. The second kappa shape index (κ2) is 11.5. The van der Waals surface area contributed by atoms with Crippen LogP contribution in [0.4, 0.5) is 4.79 Å². The van der Waals surface area contributed by atoms with Gasteiger partial charge < -0.3 is 19.5 Å². The quantitative estimate of drug-likeness (QED) is 0.657. The van der Waals surface area contributed by atoms with E-state index in [0.29, 0.717) is 6.61 Å². The Morgan fingerprint density at radius 1 is 1.36 bits per heavy atom. The molecule has 1 aromatic rings. The largest absolute Gasteiger partial charge is 0.445 e. The van der Waals surface area contributed by atoms with Gasteiger partial charge in [0.1, 0.15) is 6.61 Å². The van der Waals surface area contributed by atoms with Crippen molar-refractivity contribution in [3.8, 4) is 0 Å². The number of nitrogens with one attached hydrogen (secondary N) is 1. The minimum Gasteiger partial charge on any atom is -0.445 e. The van der Waals surface area contributed by atoms with E-state index in [1.807, 2.05) is 30.3 Å². The molecule has 0 saturated carbocycles. The van der Waals surface area contributed by atoms with Gasteiger partial charge in [-0.25, -0.2) is 4.79 Å². The number of alkyl carbamates (subject to hydrolysis) is 1. The lowest BCUT2D eigenvalue weighted by molar-refractivity contribution is -0.164. The van der Waals surface area contributed by atoms with Crippen molar-refractivity contribution in [3.05, 3.63) is 35.9 Å². The number of alkyl halides is 1. The number of carbonyl (C=O) groups excluding carboxylic acids is 1. The van der Waals surface area contributed by atoms with E-state index in [-0.39, 0.29) is 30.5 Å². The molecule has 1 fully saturated rings.